The average molecular weight is 329 g/mol. The molecule has 1 aliphatic rings. The molecule has 1 amide bonds. The Morgan fingerprint density at radius 1 is 1.27 bits per heavy atom. The van der Waals surface area contributed by atoms with Crippen LogP contribution >= 0.6 is 12.4 Å². The Bertz CT molecular complexity index is 510. The van der Waals surface area contributed by atoms with Gasteiger partial charge in [0.25, 0.3) is 0 Å². The van der Waals surface area contributed by atoms with Gasteiger partial charge in [0.2, 0.25) is 5.91 Å². The van der Waals surface area contributed by atoms with E-state index >= 15 is 0 Å². The fraction of sp³-hybridized carbons (Fsp3) is 0.562. The van der Waals surface area contributed by atoms with E-state index in [-0.39, 0.29) is 24.4 Å². The predicted octanol–water partition coefficient (Wildman–Crippen LogP) is 1.88. The minimum Gasteiger partial charge on any atom is -0.493 e. The number of ether oxygens (including phenoxy) is 2. The van der Waals surface area contributed by atoms with Crippen molar-refractivity contribution in [2.75, 3.05) is 27.3 Å². The zero-order valence-corrected chi connectivity index (χ0v) is 14.4. The molecule has 1 fully saturated rings. The molecule has 1 saturated heterocycles. The van der Waals surface area contributed by atoms with Gasteiger partial charge in [-0.3, -0.25) is 4.79 Å². The Morgan fingerprint density at radius 2 is 1.95 bits per heavy atom. The van der Waals surface area contributed by atoms with Crippen molar-refractivity contribution in [2.45, 2.75) is 32.4 Å². The number of nitrogens with one attached hydrogen (secondary N) is 1. The number of hydrogen-bond acceptors (Lipinski definition) is 4. The van der Waals surface area contributed by atoms with E-state index in [1.54, 1.807) is 14.2 Å². The highest BCUT2D eigenvalue weighted by Crippen LogP contribution is 2.28. The Balaban J connectivity index is 0.00000242. The van der Waals surface area contributed by atoms with Gasteiger partial charge in [-0.15, -0.1) is 12.4 Å². The van der Waals surface area contributed by atoms with Crippen LogP contribution in [0.1, 0.15) is 19.4 Å². The van der Waals surface area contributed by atoms with E-state index in [4.69, 9.17) is 9.47 Å². The lowest BCUT2D eigenvalue weighted by Crippen LogP contribution is -2.56. The van der Waals surface area contributed by atoms with E-state index in [9.17, 15) is 4.79 Å². The first-order valence-corrected chi connectivity index (χ1v) is 7.29. The molecule has 1 heterocycles. The fourth-order valence-electron chi connectivity index (χ4n) is 2.64. The molecule has 1 N–H and O–H groups in total. The molecular formula is C16H25ClN2O3. The van der Waals surface area contributed by atoms with Gasteiger partial charge >= 0.3 is 0 Å². The van der Waals surface area contributed by atoms with Crippen molar-refractivity contribution in [3.8, 4) is 11.5 Å². The molecule has 2 rings (SSSR count). The minimum absolute atomic E-state index is 0. The van der Waals surface area contributed by atoms with Crippen LogP contribution in [0.3, 0.4) is 0 Å². The monoisotopic (exact) mass is 328 g/mol. The zero-order chi connectivity index (χ0) is 15.4. The van der Waals surface area contributed by atoms with Gasteiger partial charge in [-0.1, -0.05) is 6.07 Å². The standard InChI is InChI=1S/C16H24N2O3.ClH/c1-11-10-18(12(2)9-17-11)16(19)8-13-5-6-14(20-3)15(7-13)21-4;/h5-7,11-12,17H,8-10H2,1-4H3;1H. The number of carbonyl (C=O) groups is 1. The molecule has 2 atom stereocenters. The lowest BCUT2D eigenvalue weighted by molar-refractivity contribution is -0.133. The van der Waals surface area contributed by atoms with Crippen molar-refractivity contribution < 1.29 is 14.3 Å². The number of halogens is 1. The molecule has 6 heteroatoms. The molecule has 0 radical (unpaired) electrons. The molecule has 1 aromatic rings. The Labute approximate surface area is 138 Å². The van der Waals surface area contributed by atoms with Crippen molar-refractivity contribution in [3.63, 3.8) is 0 Å². The van der Waals surface area contributed by atoms with Crippen molar-refractivity contribution in [1.82, 2.24) is 10.2 Å². The van der Waals surface area contributed by atoms with Gasteiger partial charge in [0.05, 0.1) is 20.6 Å². The highest BCUT2D eigenvalue weighted by Gasteiger charge is 2.26. The van der Waals surface area contributed by atoms with Crippen LogP contribution in [0.15, 0.2) is 18.2 Å². The molecule has 0 saturated carbocycles. The van der Waals surface area contributed by atoms with Crippen LogP contribution in [0.2, 0.25) is 0 Å². The molecule has 2 unspecified atom stereocenters. The van der Waals surface area contributed by atoms with Crippen LogP contribution in [-0.4, -0.2) is 50.2 Å². The minimum atomic E-state index is 0. The number of methoxy groups -OCH3 is 2. The summed E-state index contributed by atoms with van der Waals surface area (Å²) in [6, 6.07) is 6.19. The third-order valence-electron chi connectivity index (χ3n) is 3.89. The van der Waals surface area contributed by atoms with Crippen molar-refractivity contribution in [2.24, 2.45) is 0 Å². The predicted molar refractivity (Wildman–Crippen MR) is 89.1 cm³/mol. The second-order valence-electron chi connectivity index (χ2n) is 5.57. The summed E-state index contributed by atoms with van der Waals surface area (Å²) in [6.07, 6.45) is 0.386. The highest BCUT2D eigenvalue weighted by molar-refractivity contribution is 5.85. The van der Waals surface area contributed by atoms with E-state index in [0.29, 0.717) is 24.0 Å². The maximum atomic E-state index is 12.5. The number of carbonyl (C=O) groups excluding carboxylic acids is 1. The smallest absolute Gasteiger partial charge is 0.227 e. The van der Waals surface area contributed by atoms with Crippen LogP contribution < -0.4 is 14.8 Å². The second kappa shape index (κ2) is 8.25. The average Bonchev–Trinajstić information content (AvgIpc) is 2.49. The summed E-state index contributed by atoms with van der Waals surface area (Å²) in [7, 11) is 3.20. The van der Waals surface area contributed by atoms with Crippen molar-refractivity contribution >= 4 is 18.3 Å². The van der Waals surface area contributed by atoms with Crippen molar-refractivity contribution in [1.29, 1.82) is 0 Å². The van der Waals surface area contributed by atoms with Gasteiger partial charge in [-0.2, -0.15) is 0 Å². The van der Waals surface area contributed by atoms with Crippen LogP contribution in [0.5, 0.6) is 11.5 Å². The topological polar surface area (TPSA) is 50.8 Å². The van der Waals surface area contributed by atoms with Gasteiger partial charge < -0.3 is 19.7 Å². The molecule has 1 aliphatic heterocycles. The number of piperazine rings is 1. The molecule has 0 aromatic heterocycles. The fourth-order valence-corrected chi connectivity index (χ4v) is 2.64. The SMILES string of the molecule is COc1ccc(CC(=O)N2CC(C)NCC2C)cc1OC.Cl. The normalized spacial score (nSPS) is 21.0. The molecule has 0 spiro atoms. The quantitative estimate of drug-likeness (QED) is 0.917. The lowest BCUT2D eigenvalue weighted by Gasteiger charge is -2.37. The van der Waals surface area contributed by atoms with Gasteiger partial charge in [0.1, 0.15) is 0 Å². The first-order valence-electron chi connectivity index (χ1n) is 7.29. The third kappa shape index (κ3) is 4.27. The number of nitrogens with zero attached hydrogens (tertiary/aromatic N) is 1. The molecule has 5 nitrogen and oxygen atoms in total. The van der Waals surface area contributed by atoms with Gasteiger partial charge in [0, 0.05) is 25.2 Å². The lowest BCUT2D eigenvalue weighted by atomic mass is 10.1. The number of rotatable bonds is 4. The summed E-state index contributed by atoms with van der Waals surface area (Å²) in [4.78, 5) is 14.5. The van der Waals surface area contributed by atoms with E-state index in [0.717, 1.165) is 18.7 Å². The first-order chi connectivity index (χ1) is 10.0. The van der Waals surface area contributed by atoms with Crippen molar-refractivity contribution in [3.05, 3.63) is 23.8 Å². The molecule has 0 aliphatic carbocycles. The summed E-state index contributed by atoms with van der Waals surface area (Å²) >= 11 is 0. The highest BCUT2D eigenvalue weighted by atomic mass is 35.5. The van der Waals surface area contributed by atoms with Gasteiger partial charge in [0.15, 0.2) is 11.5 Å². The van der Waals surface area contributed by atoms with E-state index in [1.165, 1.54) is 0 Å². The van der Waals surface area contributed by atoms with Crippen LogP contribution in [0, 0.1) is 0 Å². The van der Waals surface area contributed by atoms with Crippen LogP contribution in [0.4, 0.5) is 0 Å². The zero-order valence-electron chi connectivity index (χ0n) is 13.6. The molecule has 1 aromatic carbocycles. The first kappa shape index (κ1) is 18.6. The van der Waals surface area contributed by atoms with E-state index < -0.39 is 0 Å². The largest absolute Gasteiger partial charge is 0.493 e. The third-order valence-corrected chi connectivity index (χ3v) is 3.89. The number of benzene rings is 1. The number of amides is 1. The van der Waals surface area contributed by atoms with Gasteiger partial charge in [-0.25, -0.2) is 0 Å². The Kier molecular flexibility index (Phi) is 6.97. The summed E-state index contributed by atoms with van der Waals surface area (Å²) in [5.74, 6) is 1.49. The van der Waals surface area contributed by atoms with Crippen LogP contribution in [0.25, 0.3) is 0 Å². The van der Waals surface area contributed by atoms with Crippen LogP contribution in [-0.2, 0) is 11.2 Å². The number of hydrogen-bond donors (Lipinski definition) is 1. The molecular weight excluding hydrogens is 304 g/mol. The Hall–Kier alpha value is -1.46. The maximum absolute atomic E-state index is 12.5. The van der Waals surface area contributed by atoms with E-state index in [1.807, 2.05) is 23.1 Å². The van der Waals surface area contributed by atoms with E-state index in [2.05, 4.69) is 19.2 Å². The summed E-state index contributed by atoms with van der Waals surface area (Å²) in [5.41, 5.74) is 0.941. The summed E-state index contributed by atoms with van der Waals surface area (Å²) in [5, 5.41) is 3.38. The Morgan fingerprint density at radius 3 is 2.59 bits per heavy atom. The summed E-state index contributed by atoms with van der Waals surface area (Å²) in [6.45, 7) is 5.78. The molecule has 0 bridgehead atoms. The summed E-state index contributed by atoms with van der Waals surface area (Å²) < 4.78 is 10.5. The molecule has 124 valence electrons. The second-order valence-corrected chi connectivity index (χ2v) is 5.57. The molecule has 22 heavy (non-hydrogen) atoms. The maximum Gasteiger partial charge on any atom is 0.227 e. The van der Waals surface area contributed by atoms with Gasteiger partial charge in [-0.05, 0) is 31.5 Å².